The van der Waals surface area contributed by atoms with Crippen LogP contribution >= 0.6 is 0 Å². The van der Waals surface area contributed by atoms with Crippen LogP contribution in [0.1, 0.15) is 13.3 Å². The van der Waals surface area contributed by atoms with E-state index >= 15 is 0 Å². The molecule has 2 N–H and O–H groups in total. The van der Waals surface area contributed by atoms with E-state index in [0.29, 0.717) is 18.1 Å². The highest BCUT2D eigenvalue weighted by atomic mass is 16.1. The van der Waals surface area contributed by atoms with E-state index in [4.69, 9.17) is 0 Å². The first-order chi connectivity index (χ1) is 11.7. The number of pyridine rings is 1. The van der Waals surface area contributed by atoms with Crippen LogP contribution in [0.2, 0.25) is 0 Å². The van der Waals surface area contributed by atoms with Crippen molar-refractivity contribution in [2.75, 3.05) is 5.32 Å². The van der Waals surface area contributed by atoms with Gasteiger partial charge in [0.05, 0.1) is 0 Å². The van der Waals surface area contributed by atoms with Crippen LogP contribution in [0.3, 0.4) is 0 Å². The van der Waals surface area contributed by atoms with Gasteiger partial charge in [-0.1, -0.05) is 6.92 Å². The molecular weight excluding hydrogens is 306 g/mol. The number of hydrogen-bond acceptors (Lipinski definition) is 6. The topological polar surface area (TPSA) is 101 Å². The zero-order chi connectivity index (χ0) is 16.5. The Hall–Kier alpha value is -3.29. The highest BCUT2D eigenvalue weighted by Crippen LogP contribution is 2.19. The first-order valence-electron chi connectivity index (χ1n) is 7.69. The first kappa shape index (κ1) is 14.3. The number of anilines is 2. The number of hydrogen-bond donors (Lipinski definition) is 2. The van der Waals surface area contributed by atoms with E-state index in [1.807, 2.05) is 25.1 Å². The van der Waals surface area contributed by atoms with Crippen LogP contribution in [-0.2, 0) is 6.54 Å². The fourth-order valence-electron chi connectivity index (χ4n) is 2.62. The van der Waals surface area contributed by atoms with Gasteiger partial charge in [0.15, 0.2) is 0 Å². The molecule has 3 heterocycles. The molecule has 0 atom stereocenters. The van der Waals surface area contributed by atoms with Gasteiger partial charge in [0.1, 0.15) is 16.7 Å². The molecule has 24 heavy (non-hydrogen) atoms. The lowest BCUT2D eigenvalue weighted by Crippen LogP contribution is -2.20. The smallest absolute Gasteiger partial charge is 0.252 e. The minimum absolute atomic E-state index is 0.0574. The summed E-state index contributed by atoms with van der Waals surface area (Å²) in [5, 5.41) is 14.6. The third-order valence-electron chi connectivity index (χ3n) is 3.74. The summed E-state index contributed by atoms with van der Waals surface area (Å²) in [6.07, 6.45) is 2.57. The van der Waals surface area contributed by atoms with Gasteiger partial charge in [0, 0.05) is 29.9 Å². The Kier molecular flexibility index (Phi) is 3.42. The van der Waals surface area contributed by atoms with E-state index in [1.165, 1.54) is 0 Å². The van der Waals surface area contributed by atoms with E-state index in [0.717, 1.165) is 28.5 Å². The molecule has 1 aromatic carbocycles. The number of fused-ring (bicyclic) bond motifs is 2. The minimum Gasteiger partial charge on any atom is -0.324 e. The van der Waals surface area contributed by atoms with Crippen molar-refractivity contribution in [2.24, 2.45) is 0 Å². The van der Waals surface area contributed by atoms with E-state index in [9.17, 15) is 4.79 Å². The molecule has 0 radical (unpaired) electrons. The quantitative estimate of drug-likeness (QED) is 0.597. The third-order valence-corrected chi connectivity index (χ3v) is 3.74. The van der Waals surface area contributed by atoms with Gasteiger partial charge in [-0.3, -0.25) is 9.36 Å². The number of benzene rings is 1. The molecule has 0 aliphatic heterocycles. The minimum atomic E-state index is -0.0574. The molecule has 4 aromatic rings. The number of nitrogens with zero attached hydrogens (tertiary/aromatic N) is 5. The maximum atomic E-state index is 12.1. The van der Waals surface area contributed by atoms with Crippen molar-refractivity contribution in [3.63, 3.8) is 0 Å². The van der Waals surface area contributed by atoms with Crippen LogP contribution in [-0.4, -0.2) is 29.9 Å². The van der Waals surface area contributed by atoms with Gasteiger partial charge in [-0.05, 0) is 30.7 Å². The number of rotatable bonds is 4. The largest absolute Gasteiger partial charge is 0.324 e. The highest BCUT2D eigenvalue weighted by molar-refractivity contribution is 5.80. The van der Waals surface area contributed by atoms with E-state index in [1.54, 1.807) is 22.9 Å². The molecule has 0 bridgehead atoms. The van der Waals surface area contributed by atoms with Crippen molar-refractivity contribution in [2.45, 2.75) is 19.9 Å². The Morgan fingerprint density at radius 3 is 2.92 bits per heavy atom. The highest BCUT2D eigenvalue weighted by Gasteiger charge is 2.07. The average molecular weight is 321 g/mol. The Balaban J connectivity index is 1.76. The second kappa shape index (κ2) is 5.73. The van der Waals surface area contributed by atoms with Crippen LogP contribution in [0.5, 0.6) is 0 Å². The lowest BCUT2D eigenvalue weighted by Gasteiger charge is -2.10. The summed E-state index contributed by atoms with van der Waals surface area (Å²) in [5.74, 6) is 0.431. The molecule has 8 heteroatoms. The number of aromatic amines is 1. The number of aromatic nitrogens is 6. The predicted molar refractivity (Wildman–Crippen MR) is 91.3 cm³/mol. The Morgan fingerprint density at radius 1 is 1.17 bits per heavy atom. The van der Waals surface area contributed by atoms with E-state index in [2.05, 4.69) is 30.7 Å². The van der Waals surface area contributed by atoms with Gasteiger partial charge in [-0.25, -0.2) is 4.98 Å². The first-order valence-corrected chi connectivity index (χ1v) is 7.69. The van der Waals surface area contributed by atoms with Gasteiger partial charge in [0.2, 0.25) is 5.95 Å². The van der Waals surface area contributed by atoms with Crippen LogP contribution in [0, 0.1) is 0 Å². The molecule has 0 saturated carbocycles. The van der Waals surface area contributed by atoms with Crippen molar-refractivity contribution in [1.82, 2.24) is 29.9 Å². The molecule has 0 amide bonds. The van der Waals surface area contributed by atoms with Crippen molar-refractivity contribution in [3.05, 3.63) is 46.9 Å². The van der Waals surface area contributed by atoms with Gasteiger partial charge in [-0.15, -0.1) is 0 Å². The SMILES string of the molecule is CCCn1c(=O)ccc2cnc(Nc3ccc4n[nH]nc4c3)nc21. The molecular formula is C16H15N7O. The van der Waals surface area contributed by atoms with E-state index in [-0.39, 0.29) is 5.56 Å². The van der Waals surface area contributed by atoms with Gasteiger partial charge >= 0.3 is 0 Å². The Morgan fingerprint density at radius 2 is 2.04 bits per heavy atom. The number of nitrogens with one attached hydrogen (secondary N) is 2. The zero-order valence-electron chi connectivity index (χ0n) is 13.0. The standard InChI is InChI=1S/C16H15N7O/c1-2-7-23-14(24)6-3-10-9-17-16(19-15(10)23)18-11-4-5-12-13(8-11)21-22-20-12/h3-6,8-9H,2,7H2,1H3,(H,17,18,19)(H,20,21,22). The lowest BCUT2D eigenvalue weighted by atomic mass is 10.3. The van der Waals surface area contributed by atoms with Gasteiger partial charge in [0.25, 0.3) is 5.56 Å². The zero-order valence-corrected chi connectivity index (χ0v) is 13.0. The molecule has 0 spiro atoms. The van der Waals surface area contributed by atoms with Crippen molar-refractivity contribution in [1.29, 1.82) is 0 Å². The Bertz CT molecular complexity index is 1080. The second-order valence-corrected chi connectivity index (χ2v) is 5.45. The molecule has 8 nitrogen and oxygen atoms in total. The van der Waals surface area contributed by atoms with Crippen molar-refractivity contribution < 1.29 is 0 Å². The summed E-state index contributed by atoms with van der Waals surface area (Å²) < 4.78 is 1.67. The molecule has 0 fully saturated rings. The van der Waals surface area contributed by atoms with Crippen LogP contribution < -0.4 is 10.9 Å². The maximum absolute atomic E-state index is 12.1. The number of H-pyrrole nitrogens is 1. The maximum Gasteiger partial charge on any atom is 0.252 e. The monoisotopic (exact) mass is 321 g/mol. The van der Waals surface area contributed by atoms with Gasteiger partial charge < -0.3 is 5.32 Å². The second-order valence-electron chi connectivity index (χ2n) is 5.45. The van der Waals surface area contributed by atoms with Crippen molar-refractivity contribution >= 4 is 33.7 Å². The summed E-state index contributed by atoms with van der Waals surface area (Å²) in [6, 6.07) is 8.89. The Labute approximate surface area is 136 Å². The molecule has 0 unspecified atom stereocenters. The summed E-state index contributed by atoms with van der Waals surface area (Å²) in [5.41, 5.74) is 2.92. The van der Waals surface area contributed by atoms with Crippen LogP contribution in [0.25, 0.3) is 22.1 Å². The summed E-state index contributed by atoms with van der Waals surface area (Å²) in [4.78, 5) is 20.9. The predicted octanol–water partition coefficient (Wildman–Crippen LogP) is 2.22. The molecule has 3 aromatic heterocycles. The van der Waals surface area contributed by atoms with Crippen LogP contribution in [0.4, 0.5) is 11.6 Å². The summed E-state index contributed by atoms with van der Waals surface area (Å²) >= 11 is 0. The molecule has 0 aliphatic rings. The summed E-state index contributed by atoms with van der Waals surface area (Å²) in [7, 11) is 0. The van der Waals surface area contributed by atoms with Crippen molar-refractivity contribution in [3.8, 4) is 0 Å². The molecule has 0 saturated heterocycles. The molecule has 4 rings (SSSR count). The summed E-state index contributed by atoms with van der Waals surface area (Å²) in [6.45, 7) is 2.65. The molecule has 120 valence electrons. The number of aryl methyl sites for hydroxylation is 1. The van der Waals surface area contributed by atoms with E-state index < -0.39 is 0 Å². The van der Waals surface area contributed by atoms with Crippen LogP contribution in [0.15, 0.2) is 41.3 Å². The van der Waals surface area contributed by atoms with Gasteiger partial charge in [-0.2, -0.15) is 20.4 Å². The fraction of sp³-hybridized carbons (Fsp3) is 0.188. The fourth-order valence-corrected chi connectivity index (χ4v) is 2.62. The normalized spacial score (nSPS) is 11.2. The molecule has 0 aliphatic carbocycles. The third kappa shape index (κ3) is 2.47. The lowest BCUT2D eigenvalue weighted by molar-refractivity contribution is 0.671. The average Bonchev–Trinajstić information content (AvgIpc) is 3.05.